The Balaban J connectivity index is 2.01. The third-order valence-corrected chi connectivity index (χ3v) is 4.15. The molecule has 1 fully saturated rings. The van der Waals surface area contributed by atoms with Crippen LogP contribution in [0, 0.1) is 17.3 Å². The Bertz CT molecular complexity index is 297. The van der Waals surface area contributed by atoms with Crippen LogP contribution in [-0.4, -0.2) is 5.78 Å². The number of hydrogen-bond donors (Lipinski definition) is 0. The molecule has 1 nitrogen and oxygen atoms in total. The average Bonchev–Trinajstić information content (AvgIpc) is 2.69. The van der Waals surface area contributed by atoms with E-state index in [1.165, 1.54) is 12.8 Å². The van der Waals surface area contributed by atoms with Gasteiger partial charge in [-0.25, -0.2) is 0 Å². The van der Waals surface area contributed by atoms with Crippen molar-refractivity contribution in [3.8, 4) is 0 Å². The molecule has 82 valence electrons. The molecule has 1 unspecified atom stereocenters. The topological polar surface area (TPSA) is 17.1 Å². The Morgan fingerprint density at radius 1 is 1.40 bits per heavy atom. The number of carbonyl (C=O) groups is 1. The van der Waals surface area contributed by atoms with E-state index in [1.54, 1.807) is 6.08 Å². The maximum Gasteiger partial charge on any atom is 0.155 e. The maximum absolute atomic E-state index is 11.8. The molecule has 0 aliphatic heterocycles. The first-order valence-corrected chi connectivity index (χ1v) is 6.04. The highest BCUT2D eigenvalue weighted by Crippen LogP contribution is 2.55. The van der Waals surface area contributed by atoms with Crippen LogP contribution in [0.15, 0.2) is 24.3 Å². The second-order valence-corrected chi connectivity index (χ2v) is 5.13. The number of hydrogen-bond acceptors (Lipinski definition) is 1. The van der Waals surface area contributed by atoms with E-state index in [-0.39, 0.29) is 5.41 Å². The lowest BCUT2D eigenvalue weighted by atomic mass is 9.74. The molecule has 0 amide bonds. The first-order valence-electron chi connectivity index (χ1n) is 6.04. The standard InChI is InChI=1S/C14H20O/c1-3-4-5-13(15)10-14(2)11-6-7-12(14)9-8-11/h4-7,11-12H,3,8-10H2,1-2H3/b5-4+/t11-,12+,14?. The fourth-order valence-corrected chi connectivity index (χ4v) is 3.14. The zero-order valence-corrected chi connectivity index (χ0v) is 9.70. The third-order valence-electron chi connectivity index (χ3n) is 4.15. The largest absolute Gasteiger partial charge is 0.295 e. The van der Waals surface area contributed by atoms with Crippen LogP contribution in [0.5, 0.6) is 0 Å². The minimum atomic E-state index is 0.231. The van der Waals surface area contributed by atoms with Crippen molar-refractivity contribution in [2.24, 2.45) is 17.3 Å². The predicted molar refractivity (Wildman–Crippen MR) is 62.5 cm³/mol. The molecule has 0 N–H and O–H groups in total. The van der Waals surface area contributed by atoms with Crippen molar-refractivity contribution in [3.05, 3.63) is 24.3 Å². The Morgan fingerprint density at radius 3 is 2.47 bits per heavy atom. The summed E-state index contributed by atoms with van der Waals surface area (Å²) in [5.74, 6) is 1.61. The number of rotatable bonds is 4. The fourth-order valence-electron chi connectivity index (χ4n) is 3.14. The molecule has 2 rings (SSSR count). The summed E-state index contributed by atoms with van der Waals surface area (Å²) in [4.78, 5) is 11.8. The summed E-state index contributed by atoms with van der Waals surface area (Å²) in [7, 11) is 0. The highest BCUT2D eigenvalue weighted by atomic mass is 16.1. The monoisotopic (exact) mass is 204 g/mol. The van der Waals surface area contributed by atoms with Crippen LogP contribution in [0.25, 0.3) is 0 Å². The van der Waals surface area contributed by atoms with E-state index >= 15 is 0 Å². The number of carbonyl (C=O) groups excluding carboxylic acids is 1. The quantitative estimate of drug-likeness (QED) is 0.506. The zero-order chi connectivity index (χ0) is 10.9. The van der Waals surface area contributed by atoms with Crippen molar-refractivity contribution in [2.45, 2.75) is 39.5 Å². The summed E-state index contributed by atoms with van der Waals surface area (Å²) in [5, 5.41) is 0. The summed E-state index contributed by atoms with van der Waals surface area (Å²) in [5.41, 5.74) is 0.231. The predicted octanol–water partition coefficient (Wildman–Crippen LogP) is 3.51. The average molecular weight is 204 g/mol. The lowest BCUT2D eigenvalue weighted by Crippen LogP contribution is -2.25. The van der Waals surface area contributed by atoms with Crippen molar-refractivity contribution in [2.75, 3.05) is 0 Å². The molecule has 3 atom stereocenters. The van der Waals surface area contributed by atoms with Gasteiger partial charge in [0.2, 0.25) is 0 Å². The molecule has 1 saturated carbocycles. The molecule has 0 saturated heterocycles. The van der Waals surface area contributed by atoms with Gasteiger partial charge in [-0.3, -0.25) is 4.79 Å². The maximum atomic E-state index is 11.8. The SMILES string of the molecule is CC/C=C/C(=O)CC1(C)[C@@H]2C=C[C@H]1CC2. The van der Waals surface area contributed by atoms with Crippen LogP contribution in [0.3, 0.4) is 0 Å². The van der Waals surface area contributed by atoms with Crippen molar-refractivity contribution >= 4 is 5.78 Å². The molecule has 1 heteroatoms. The van der Waals surface area contributed by atoms with Crippen molar-refractivity contribution < 1.29 is 4.79 Å². The third kappa shape index (κ3) is 1.80. The second kappa shape index (κ2) is 3.96. The summed E-state index contributed by atoms with van der Waals surface area (Å²) in [6.45, 7) is 4.35. The van der Waals surface area contributed by atoms with Crippen LogP contribution >= 0.6 is 0 Å². The lowest BCUT2D eigenvalue weighted by Gasteiger charge is -2.28. The summed E-state index contributed by atoms with van der Waals surface area (Å²) in [6, 6.07) is 0. The minimum Gasteiger partial charge on any atom is -0.295 e. The van der Waals surface area contributed by atoms with E-state index in [2.05, 4.69) is 26.0 Å². The number of allylic oxidation sites excluding steroid dienone is 4. The van der Waals surface area contributed by atoms with Gasteiger partial charge in [0, 0.05) is 6.42 Å². The van der Waals surface area contributed by atoms with Gasteiger partial charge in [0.15, 0.2) is 5.78 Å². The molecule has 0 aromatic rings. The van der Waals surface area contributed by atoms with Crippen LogP contribution in [-0.2, 0) is 4.79 Å². The van der Waals surface area contributed by atoms with Crippen molar-refractivity contribution in [1.29, 1.82) is 0 Å². The van der Waals surface area contributed by atoms with Gasteiger partial charge in [0.1, 0.15) is 0 Å². The molecule has 0 aromatic carbocycles. The molecular weight excluding hydrogens is 184 g/mol. The Labute approximate surface area is 92.3 Å². The molecule has 2 aliphatic rings. The highest BCUT2D eigenvalue weighted by Gasteiger charge is 2.48. The van der Waals surface area contributed by atoms with Gasteiger partial charge in [0.25, 0.3) is 0 Å². The summed E-state index contributed by atoms with van der Waals surface area (Å²) in [6.07, 6.45) is 12.6. The molecular formula is C14H20O. The van der Waals surface area contributed by atoms with Gasteiger partial charge >= 0.3 is 0 Å². The molecule has 0 aromatic heterocycles. The number of ketones is 1. The molecule has 0 spiro atoms. The van der Waals surface area contributed by atoms with Gasteiger partial charge < -0.3 is 0 Å². The molecule has 2 bridgehead atoms. The smallest absolute Gasteiger partial charge is 0.155 e. The molecule has 15 heavy (non-hydrogen) atoms. The van der Waals surface area contributed by atoms with Crippen molar-refractivity contribution in [3.63, 3.8) is 0 Å². The van der Waals surface area contributed by atoms with Crippen molar-refractivity contribution in [1.82, 2.24) is 0 Å². The Hall–Kier alpha value is -0.850. The minimum absolute atomic E-state index is 0.231. The van der Waals surface area contributed by atoms with Gasteiger partial charge in [-0.15, -0.1) is 0 Å². The molecule has 2 aliphatic carbocycles. The van der Waals surface area contributed by atoms with E-state index in [9.17, 15) is 4.79 Å². The Kier molecular flexibility index (Phi) is 2.81. The first kappa shape index (κ1) is 10.7. The van der Waals surface area contributed by atoms with Gasteiger partial charge in [0.05, 0.1) is 0 Å². The second-order valence-electron chi connectivity index (χ2n) is 5.13. The van der Waals surface area contributed by atoms with E-state index in [1.807, 2.05) is 6.08 Å². The molecule has 0 radical (unpaired) electrons. The first-order chi connectivity index (χ1) is 7.16. The normalized spacial score (nSPS) is 38.0. The summed E-state index contributed by atoms with van der Waals surface area (Å²) < 4.78 is 0. The van der Waals surface area contributed by atoms with Crippen LogP contribution in [0.2, 0.25) is 0 Å². The van der Waals surface area contributed by atoms with Crippen LogP contribution in [0.4, 0.5) is 0 Å². The summed E-state index contributed by atoms with van der Waals surface area (Å²) >= 11 is 0. The highest BCUT2D eigenvalue weighted by molar-refractivity contribution is 5.90. The fraction of sp³-hybridized carbons (Fsp3) is 0.643. The van der Waals surface area contributed by atoms with Gasteiger partial charge in [-0.2, -0.15) is 0 Å². The van der Waals surface area contributed by atoms with Crippen LogP contribution in [0.1, 0.15) is 39.5 Å². The van der Waals surface area contributed by atoms with Crippen LogP contribution < -0.4 is 0 Å². The number of fused-ring (bicyclic) bond motifs is 2. The van der Waals surface area contributed by atoms with E-state index in [0.29, 0.717) is 17.6 Å². The van der Waals surface area contributed by atoms with Gasteiger partial charge in [-0.05, 0) is 42.6 Å². The lowest BCUT2D eigenvalue weighted by molar-refractivity contribution is -0.117. The Morgan fingerprint density at radius 2 is 2.00 bits per heavy atom. The molecule has 0 heterocycles. The van der Waals surface area contributed by atoms with E-state index < -0.39 is 0 Å². The van der Waals surface area contributed by atoms with Gasteiger partial charge in [-0.1, -0.05) is 32.1 Å². The van der Waals surface area contributed by atoms with E-state index in [0.717, 1.165) is 12.8 Å². The van der Waals surface area contributed by atoms with E-state index in [4.69, 9.17) is 0 Å². The zero-order valence-electron chi connectivity index (χ0n) is 9.70.